The number of aromatic hydroxyl groups is 1. The van der Waals surface area contributed by atoms with E-state index >= 15 is 0 Å². The molecule has 1 aromatic rings. The zero-order valence-corrected chi connectivity index (χ0v) is 30.8. The van der Waals surface area contributed by atoms with Gasteiger partial charge in [-0.05, 0) is 65.3 Å². The number of nitrogens with two attached hydrogens (primary N) is 1. The van der Waals surface area contributed by atoms with E-state index in [-0.39, 0.29) is 30.6 Å². The summed E-state index contributed by atoms with van der Waals surface area (Å²) >= 11 is 0. The molecule has 11 N–H and O–H groups in total. The van der Waals surface area contributed by atoms with Gasteiger partial charge in [0, 0.05) is 36.8 Å². The Balaban J connectivity index is 1.78. The molecule has 2 amide bonds. The minimum atomic E-state index is -2.96. The van der Waals surface area contributed by atoms with Gasteiger partial charge in [-0.1, -0.05) is 0 Å². The number of allylic oxidation sites excluding steroid dienone is 1. The highest BCUT2D eigenvalue weighted by atomic mass is 16.7. The molecule has 1 aromatic carbocycles. The lowest BCUT2D eigenvalue weighted by Crippen LogP contribution is -2.65. The molecule has 1 aliphatic heterocycles. The van der Waals surface area contributed by atoms with Gasteiger partial charge in [0.1, 0.15) is 35.4 Å². The summed E-state index contributed by atoms with van der Waals surface area (Å²) in [5.41, 5.74) is 0.907. The van der Waals surface area contributed by atoms with E-state index in [4.69, 9.17) is 15.2 Å². The predicted molar refractivity (Wildman–Crippen MR) is 187 cm³/mol. The highest BCUT2D eigenvalue weighted by Gasteiger charge is 2.64. The van der Waals surface area contributed by atoms with Gasteiger partial charge in [0.15, 0.2) is 29.0 Å². The second kappa shape index (κ2) is 14.2. The van der Waals surface area contributed by atoms with Crippen LogP contribution >= 0.6 is 0 Å². The maximum absolute atomic E-state index is 14.9. The summed E-state index contributed by atoms with van der Waals surface area (Å²) in [6.07, 6.45) is -11.3. The van der Waals surface area contributed by atoms with Gasteiger partial charge in [-0.15, -0.1) is 0 Å². The average molecular weight is 762 g/mol. The minimum absolute atomic E-state index is 0.0641. The molecule has 5 rings (SSSR count). The number of likely N-dealkylation sites (N-methyl/N-ethyl adjacent to an activating group) is 1. The van der Waals surface area contributed by atoms with Gasteiger partial charge in [-0.25, -0.2) is 4.79 Å². The summed E-state index contributed by atoms with van der Waals surface area (Å²) < 4.78 is 11.3. The maximum atomic E-state index is 14.9. The second-order valence-electron chi connectivity index (χ2n) is 15.5. The molecular formula is C35H47N5O14. The second-order valence-corrected chi connectivity index (χ2v) is 15.5. The number of amides is 2. The Morgan fingerprint density at radius 3 is 2.22 bits per heavy atom. The highest BCUT2D eigenvalue weighted by Crippen LogP contribution is 2.56. The molecule has 0 aromatic heterocycles. The number of carboxylic acids is 1. The molecule has 0 saturated carbocycles. The Bertz CT molecular complexity index is 1850. The summed E-state index contributed by atoms with van der Waals surface area (Å²) in [6, 6.07) is 0.107. The number of hydrogen-bond acceptors (Lipinski definition) is 16. The Morgan fingerprint density at radius 1 is 1.06 bits per heavy atom. The smallest absolute Gasteiger partial charge is 0.335 e. The molecule has 4 aliphatic rings. The van der Waals surface area contributed by atoms with Crippen molar-refractivity contribution >= 4 is 40.7 Å². The van der Waals surface area contributed by atoms with Crippen molar-refractivity contribution in [3.63, 3.8) is 0 Å². The van der Waals surface area contributed by atoms with Crippen LogP contribution in [0.2, 0.25) is 0 Å². The third-order valence-corrected chi connectivity index (χ3v) is 10.3. The number of rotatable bonds is 9. The third-order valence-electron chi connectivity index (χ3n) is 10.3. The van der Waals surface area contributed by atoms with Crippen molar-refractivity contribution in [2.45, 2.75) is 81.5 Å². The number of nitrogens with zero attached hydrogens (tertiary/aromatic N) is 2. The van der Waals surface area contributed by atoms with Gasteiger partial charge in [0.05, 0.1) is 23.8 Å². The van der Waals surface area contributed by atoms with Crippen LogP contribution in [0.1, 0.15) is 43.1 Å². The van der Waals surface area contributed by atoms with Crippen LogP contribution in [0.5, 0.6) is 5.75 Å². The van der Waals surface area contributed by atoms with Gasteiger partial charge >= 0.3 is 5.97 Å². The SMILES string of the molecule is CN(C)c1cc(NC(=O)CNC(C)(C)C)c(O)c2c1C[C@H]1C[C@H]3[C@H](N(C)C)C(=O)C(C(N)=O)=C(O)[C@@]3(O)C(O[C@@H]3O[C@H](C(=O)O)[C@@H](O)[C@H](O)[C@H]3O)=C1C2=O. The van der Waals surface area contributed by atoms with Gasteiger partial charge in [-0.2, -0.15) is 0 Å². The normalized spacial score (nSPS) is 31.1. The number of aliphatic hydroxyl groups is 5. The molecule has 3 aliphatic carbocycles. The van der Waals surface area contributed by atoms with E-state index in [1.807, 2.05) is 20.8 Å². The van der Waals surface area contributed by atoms with E-state index in [0.29, 0.717) is 11.3 Å². The molecule has 1 saturated heterocycles. The molecule has 19 nitrogen and oxygen atoms in total. The fourth-order valence-electron chi connectivity index (χ4n) is 7.72. The number of phenolic OH excluding ortho intramolecular Hbond substituents is 1. The molecule has 0 unspecified atom stereocenters. The number of aliphatic hydroxyl groups excluding tert-OH is 4. The molecule has 1 heterocycles. The number of phenols is 1. The molecule has 296 valence electrons. The fraction of sp³-hybridized carbons (Fsp3) is 0.571. The van der Waals surface area contributed by atoms with Crippen LogP contribution in [0.15, 0.2) is 28.7 Å². The lowest BCUT2D eigenvalue weighted by atomic mass is 9.59. The molecule has 0 bridgehead atoms. The number of benzene rings is 1. The number of carbonyl (C=O) groups excluding carboxylic acids is 4. The van der Waals surface area contributed by atoms with E-state index in [0.717, 1.165) is 0 Å². The lowest BCUT2D eigenvalue weighted by molar-refractivity contribution is -0.291. The number of carbonyl (C=O) groups is 5. The zero-order chi connectivity index (χ0) is 40.5. The lowest BCUT2D eigenvalue weighted by Gasteiger charge is -2.52. The number of ketones is 2. The standard InChI is InChI=1S/C35H47N5O14/c1-34(2,3)37-11-17(41)38-15-10-16(39(4)5)13-8-12-9-14-21(40(6)7)24(44)20(31(36)49)29(48)35(14,52)30(18(12)23(43)19(13)22(15)42)54-33-27(47)25(45)26(46)28(53-33)32(50)51/h10,12,14,21,25-28,33,37,42,45-48,52H,8-9,11H2,1-7H3,(H2,36,49)(H,38,41)(H,50,51)/t12-,14-,21-,25-,26-,27+,28-,33-,35+/m0/s1. The van der Waals surface area contributed by atoms with Gasteiger partial charge in [0.25, 0.3) is 5.91 Å². The quantitative estimate of drug-likeness (QED) is 0.0949. The van der Waals surface area contributed by atoms with E-state index in [1.165, 1.54) is 25.1 Å². The molecular weight excluding hydrogens is 714 g/mol. The molecule has 0 radical (unpaired) electrons. The maximum Gasteiger partial charge on any atom is 0.335 e. The van der Waals surface area contributed by atoms with Crippen molar-refractivity contribution in [1.29, 1.82) is 0 Å². The molecule has 54 heavy (non-hydrogen) atoms. The van der Waals surface area contributed by atoms with Crippen LogP contribution in [-0.2, 0) is 35.1 Å². The highest BCUT2D eigenvalue weighted by molar-refractivity contribution is 6.22. The van der Waals surface area contributed by atoms with Crippen LogP contribution in [0.4, 0.5) is 11.4 Å². The van der Waals surface area contributed by atoms with E-state index in [1.54, 1.807) is 19.0 Å². The first-order valence-corrected chi connectivity index (χ1v) is 17.1. The van der Waals surface area contributed by atoms with Crippen molar-refractivity contribution < 1.29 is 69.2 Å². The predicted octanol–water partition coefficient (Wildman–Crippen LogP) is -2.14. The number of aliphatic carboxylic acids is 1. The van der Waals surface area contributed by atoms with Crippen molar-refractivity contribution in [2.75, 3.05) is 45.0 Å². The number of anilines is 2. The Kier molecular flexibility index (Phi) is 10.7. The monoisotopic (exact) mass is 761 g/mol. The number of primary amides is 1. The number of nitrogens with one attached hydrogen (secondary N) is 2. The minimum Gasteiger partial charge on any atom is -0.508 e. The largest absolute Gasteiger partial charge is 0.508 e. The molecule has 9 atom stereocenters. The van der Waals surface area contributed by atoms with Crippen LogP contribution in [0, 0.1) is 11.8 Å². The third kappa shape index (κ3) is 6.69. The Labute approximate surface area is 309 Å². The van der Waals surface area contributed by atoms with Crippen molar-refractivity contribution in [3.05, 3.63) is 39.9 Å². The van der Waals surface area contributed by atoms with Crippen LogP contribution < -0.4 is 21.3 Å². The van der Waals surface area contributed by atoms with E-state index < -0.39 is 117 Å². The Morgan fingerprint density at radius 2 is 1.69 bits per heavy atom. The number of Topliss-reactive ketones (excluding diaryl/α,β-unsaturated/α-hetero) is 2. The van der Waals surface area contributed by atoms with E-state index in [9.17, 15) is 59.7 Å². The van der Waals surface area contributed by atoms with Gasteiger partial charge in [-0.3, -0.25) is 24.1 Å². The molecule has 1 fully saturated rings. The first-order valence-electron chi connectivity index (χ1n) is 17.1. The van der Waals surface area contributed by atoms with Crippen molar-refractivity contribution in [1.82, 2.24) is 10.2 Å². The summed E-state index contributed by atoms with van der Waals surface area (Å²) in [4.78, 5) is 69.2. The first kappa shape index (κ1) is 40.6. The van der Waals surface area contributed by atoms with Gasteiger partial charge < -0.3 is 66.5 Å². The van der Waals surface area contributed by atoms with Crippen LogP contribution in [0.3, 0.4) is 0 Å². The van der Waals surface area contributed by atoms with Crippen molar-refractivity contribution in [2.24, 2.45) is 17.6 Å². The number of carboxylic acid groups (broad SMARTS) is 1. The van der Waals surface area contributed by atoms with E-state index in [2.05, 4.69) is 10.6 Å². The number of ether oxygens (including phenoxy) is 2. The molecule has 0 spiro atoms. The summed E-state index contributed by atoms with van der Waals surface area (Å²) in [7, 11) is 6.26. The van der Waals surface area contributed by atoms with Crippen LogP contribution in [-0.4, -0.2) is 153 Å². The summed E-state index contributed by atoms with van der Waals surface area (Å²) in [6.45, 7) is 5.37. The summed E-state index contributed by atoms with van der Waals surface area (Å²) in [5, 5.41) is 83.1. The fourth-order valence-corrected chi connectivity index (χ4v) is 7.72. The number of fused-ring (bicyclic) bond motifs is 3. The van der Waals surface area contributed by atoms with Gasteiger partial charge in [0.2, 0.25) is 12.2 Å². The van der Waals surface area contributed by atoms with Crippen molar-refractivity contribution in [3.8, 4) is 5.75 Å². The topological polar surface area (TPSA) is 302 Å². The Hall–Kier alpha value is -4.63. The zero-order valence-electron chi connectivity index (χ0n) is 30.8. The summed E-state index contributed by atoms with van der Waals surface area (Å²) in [5.74, 6) is -10.9. The number of hydrogen-bond donors (Lipinski definition) is 10. The average Bonchev–Trinajstić information content (AvgIpc) is 3.05. The first-order chi connectivity index (χ1) is 24.9. The van der Waals surface area contributed by atoms with Crippen LogP contribution in [0.25, 0.3) is 0 Å². The molecule has 19 heteroatoms.